The molecule has 1 saturated carbocycles. The molecule has 1 aromatic carbocycles. The number of ether oxygens (including phenoxy) is 1. The number of pyridine rings is 1. The Balaban J connectivity index is 0.000000223. The van der Waals surface area contributed by atoms with Crippen molar-refractivity contribution in [2.75, 3.05) is 39.3 Å². The number of halogens is 2. The summed E-state index contributed by atoms with van der Waals surface area (Å²) in [5, 5.41) is 0.766. The summed E-state index contributed by atoms with van der Waals surface area (Å²) in [4.78, 5) is 38.3. The highest BCUT2D eigenvalue weighted by molar-refractivity contribution is 9.10. The average molecular weight is 700 g/mol. The molecule has 3 aromatic rings. The lowest BCUT2D eigenvalue weighted by Gasteiger charge is -2.40. The second-order valence-corrected chi connectivity index (χ2v) is 14.6. The number of hydrogen-bond acceptors (Lipinski definition) is 6. The highest BCUT2D eigenvalue weighted by Gasteiger charge is 2.34. The first kappa shape index (κ1) is 33.4. The Morgan fingerprint density at radius 2 is 1.84 bits per heavy atom. The molecule has 1 atom stereocenters. The first-order valence-electron chi connectivity index (χ1n) is 15.8. The number of benzene rings is 1. The predicted molar refractivity (Wildman–Crippen MR) is 179 cm³/mol. The van der Waals surface area contributed by atoms with Crippen LogP contribution in [-0.2, 0) is 35.8 Å². The van der Waals surface area contributed by atoms with E-state index in [1.807, 2.05) is 55.7 Å². The highest BCUT2D eigenvalue weighted by Crippen LogP contribution is 2.38. The second kappa shape index (κ2) is 14.6. The molecule has 242 valence electrons. The lowest BCUT2D eigenvalue weighted by Crippen LogP contribution is -2.51. The van der Waals surface area contributed by atoms with Crippen molar-refractivity contribution in [2.45, 2.75) is 64.5 Å². The van der Waals surface area contributed by atoms with E-state index in [4.69, 9.17) is 21.3 Å². The number of nitrogens with zero attached hydrogens (tertiary/aromatic N) is 6. The molecule has 2 aromatic heterocycles. The van der Waals surface area contributed by atoms with Crippen LogP contribution in [0.2, 0.25) is 5.02 Å². The molecule has 1 unspecified atom stereocenters. The van der Waals surface area contributed by atoms with Crippen LogP contribution in [0.3, 0.4) is 0 Å². The first-order valence-corrected chi connectivity index (χ1v) is 17.0. The number of amides is 2. The Labute approximate surface area is 280 Å². The quantitative estimate of drug-likeness (QED) is 0.279. The van der Waals surface area contributed by atoms with Crippen molar-refractivity contribution >= 4 is 40.0 Å². The third-order valence-electron chi connectivity index (χ3n) is 8.53. The molecule has 0 spiro atoms. The van der Waals surface area contributed by atoms with Crippen LogP contribution >= 0.6 is 27.5 Å². The van der Waals surface area contributed by atoms with Crippen molar-refractivity contribution in [3.8, 4) is 0 Å². The van der Waals surface area contributed by atoms with E-state index in [2.05, 4.69) is 44.0 Å². The first-order chi connectivity index (χ1) is 21.5. The number of fused-ring (bicyclic) bond motifs is 2. The topological polar surface area (TPSA) is 83.8 Å². The molecular formula is C34H44BrClN6O3. The summed E-state index contributed by atoms with van der Waals surface area (Å²) in [7, 11) is 1.98. The van der Waals surface area contributed by atoms with Crippen LogP contribution in [0.5, 0.6) is 0 Å². The smallest absolute Gasteiger partial charge is 0.410 e. The summed E-state index contributed by atoms with van der Waals surface area (Å²) in [5.74, 6) is 0.765. The van der Waals surface area contributed by atoms with Gasteiger partial charge in [0.1, 0.15) is 5.60 Å². The molecule has 2 aliphatic carbocycles. The van der Waals surface area contributed by atoms with E-state index in [-0.39, 0.29) is 12.1 Å². The summed E-state index contributed by atoms with van der Waals surface area (Å²) in [5.41, 5.74) is 5.60. The van der Waals surface area contributed by atoms with Crippen LogP contribution in [0.4, 0.5) is 4.79 Å². The zero-order chi connectivity index (χ0) is 32.1. The normalized spacial score (nSPS) is 18.2. The van der Waals surface area contributed by atoms with E-state index in [1.165, 1.54) is 35.2 Å². The van der Waals surface area contributed by atoms with Gasteiger partial charge in [-0.25, -0.2) is 9.78 Å². The Kier molecular flexibility index (Phi) is 10.9. The minimum Gasteiger partial charge on any atom is -0.444 e. The number of imidazole rings is 1. The lowest BCUT2D eigenvalue weighted by atomic mass is 9.96. The van der Waals surface area contributed by atoms with Gasteiger partial charge in [0.15, 0.2) is 0 Å². The van der Waals surface area contributed by atoms with Gasteiger partial charge in [0.25, 0.3) is 0 Å². The van der Waals surface area contributed by atoms with Gasteiger partial charge in [-0.05, 0) is 103 Å². The van der Waals surface area contributed by atoms with Gasteiger partial charge in [-0.3, -0.25) is 14.7 Å². The fourth-order valence-corrected chi connectivity index (χ4v) is 6.55. The van der Waals surface area contributed by atoms with Crippen LogP contribution in [0.25, 0.3) is 0 Å². The van der Waals surface area contributed by atoms with Crippen LogP contribution in [-0.4, -0.2) is 86.6 Å². The molecular weight excluding hydrogens is 656 g/mol. The van der Waals surface area contributed by atoms with Crippen molar-refractivity contribution in [1.29, 1.82) is 0 Å². The molecule has 0 bridgehead atoms. The average Bonchev–Trinajstić information content (AvgIpc) is 3.75. The number of aromatic nitrogens is 3. The van der Waals surface area contributed by atoms with Crippen molar-refractivity contribution in [3.63, 3.8) is 0 Å². The van der Waals surface area contributed by atoms with Crippen molar-refractivity contribution in [3.05, 3.63) is 80.6 Å². The second-order valence-electron chi connectivity index (χ2n) is 13.2. The maximum atomic E-state index is 12.5. The third-order valence-corrected chi connectivity index (χ3v) is 9.20. The van der Waals surface area contributed by atoms with E-state index < -0.39 is 5.60 Å². The van der Waals surface area contributed by atoms with E-state index >= 15 is 0 Å². The molecule has 1 saturated heterocycles. The minimum atomic E-state index is -0.482. The number of carbonyl (C=O) groups is 2. The zero-order valence-corrected chi connectivity index (χ0v) is 29.1. The highest BCUT2D eigenvalue weighted by atomic mass is 79.9. The van der Waals surface area contributed by atoms with E-state index in [9.17, 15) is 9.59 Å². The minimum absolute atomic E-state index is 0.0589. The van der Waals surface area contributed by atoms with Crippen LogP contribution in [0.15, 0.2) is 47.5 Å². The SMILES string of the molecule is CC(C)(C)OC(=O)N1CCN(C2c3ccc(Cl)cc3CCc3cc(Br)cnc32)CC1.Cn1cncc1CCN(C=O)CC1CC1. The standard InChI is InChI=1S/C23H27BrClN3O2.C11H17N3O/c1-23(2,3)30-22(29)28-10-8-27(9-11-28)21-19-7-6-18(25)13-15(19)4-5-16-12-17(24)14-26-20(16)21;1-13-8-12-6-11(13)4-5-14(9-15)7-10-2-3-10/h6-7,12-14,21H,4-5,8-11H2,1-3H3;6,8-10H,2-5,7H2,1H3. The largest absolute Gasteiger partial charge is 0.444 e. The monoisotopic (exact) mass is 698 g/mol. The number of carbonyl (C=O) groups excluding carboxylic acids is 2. The lowest BCUT2D eigenvalue weighted by molar-refractivity contribution is -0.118. The van der Waals surface area contributed by atoms with Crippen molar-refractivity contribution in [1.82, 2.24) is 29.2 Å². The molecule has 2 fully saturated rings. The fourth-order valence-electron chi connectivity index (χ4n) is 5.97. The van der Waals surface area contributed by atoms with Gasteiger partial charge in [-0.15, -0.1) is 0 Å². The van der Waals surface area contributed by atoms with Crippen LogP contribution < -0.4 is 0 Å². The van der Waals surface area contributed by atoms with E-state index in [0.29, 0.717) is 13.1 Å². The molecule has 3 aliphatic rings. The van der Waals surface area contributed by atoms with Gasteiger partial charge in [-0.2, -0.15) is 0 Å². The molecule has 9 nitrogen and oxygen atoms in total. The summed E-state index contributed by atoms with van der Waals surface area (Å²) < 4.78 is 8.55. The molecule has 45 heavy (non-hydrogen) atoms. The summed E-state index contributed by atoms with van der Waals surface area (Å²) >= 11 is 9.88. The maximum absolute atomic E-state index is 12.5. The van der Waals surface area contributed by atoms with Gasteiger partial charge in [0, 0.05) is 80.3 Å². The van der Waals surface area contributed by atoms with Gasteiger partial charge < -0.3 is 19.1 Å². The number of hydrogen-bond donors (Lipinski definition) is 0. The maximum Gasteiger partial charge on any atom is 0.410 e. The van der Waals surface area contributed by atoms with Gasteiger partial charge in [-0.1, -0.05) is 17.7 Å². The Bertz CT molecular complexity index is 1430. The Hall–Kier alpha value is -2.95. The van der Waals surface area contributed by atoms with E-state index in [1.54, 1.807) is 11.2 Å². The fraction of sp³-hybridized carbons (Fsp3) is 0.529. The summed E-state index contributed by atoms with van der Waals surface area (Å²) in [6, 6.07) is 8.43. The molecule has 0 radical (unpaired) electrons. The molecule has 2 amide bonds. The number of piperazine rings is 1. The van der Waals surface area contributed by atoms with Gasteiger partial charge >= 0.3 is 6.09 Å². The summed E-state index contributed by atoms with van der Waals surface area (Å²) in [6.07, 6.45) is 11.6. The Morgan fingerprint density at radius 1 is 1.11 bits per heavy atom. The van der Waals surface area contributed by atoms with Gasteiger partial charge in [0.05, 0.1) is 18.1 Å². The molecule has 0 N–H and O–H groups in total. The Morgan fingerprint density at radius 3 is 2.49 bits per heavy atom. The van der Waals surface area contributed by atoms with Crippen LogP contribution in [0.1, 0.15) is 67.7 Å². The molecule has 1 aliphatic heterocycles. The summed E-state index contributed by atoms with van der Waals surface area (Å²) in [6.45, 7) is 10.2. The number of aryl methyl sites for hydroxylation is 3. The van der Waals surface area contributed by atoms with Gasteiger partial charge in [0.2, 0.25) is 6.41 Å². The van der Waals surface area contributed by atoms with Crippen molar-refractivity contribution < 1.29 is 14.3 Å². The molecule has 3 heterocycles. The zero-order valence-electron chi connectivity index (χ0n) is 26.7. The predicted octanol–water partition coefficient (Wildman–Crippen LogP) is 6.07. The molecule has 6 rings (SSSR count). The number of rotatable bonds is 7. The third kappa shape index (κ3) is 9.08. The van der Waals surface area contributed by atoms with E-state index in [0.717, 1.165) is 73.0 Å². The molecule has 11 heteroatoms. The van der Waals surface area contributed by atoms with Crippen molar-refractivity contribution in [2.24, 2.45) is 13.0 Å². The van der Waals surface area contributed by atoms with Crippen LogP contribution in [0, 0.1) is 5.92 Å².